The molecule has 7 heteroatoms. The van der Waals surface area contributed by atoms with E-state index in [0.29, 0.717) is 48.3 Å². The van der Waals surface area contributed by atoms with E-state index >= 15 is 0 Å². The third-order valence-electron chi connectivity index (χ3n) is 3.42. The number of rotatable bonds is 7. The minimum absolute atomic E-state index is 0.186. The topological polar surface area (TPSA) is 93.2 Å². The number of hydrogen-bond acceptors (Lipinski definition) is 6. The molecule has 0 spiro atoms. The van der Waals surface area contributed by atoms with Gasteiger partial charge in [0, 0.05) is 12.1 Å². The zero-order chi connectivity index (χ0) is 16.8. The summed E-state index contributed by atoms with van der Waals surface area (Å²) >= 11 is 0. The molecule has 0 saturated heterocycles. The van der Waals surface area contributed by atoms with Gasteiger partial charge in [-0.25, -0.2) is 0 Å². The molecule has 124 valence electrons. The van der Waals surface area contributed by atoms with Crippen LogP contribution in [0.15, 0.2) is 51.5 Å². The zero-order valence-corrected chi connectivity index (χ0v) is 13.3. The number of amides is 1. The summed E-state index contributed by atoms with van der Waals surface area (Å²) in [7, 11) is 0. The Labute approximate surface area is 139 Å². The number of carbonyl (C=O) groups is 1. The van der Waals surface area contributed by atoms with Gasteiger partial charge >= 0.3 is 0 Å². The van der Waals surface area contributed by atoms with Crippen LogP contribution in [0, 0.1) is 0 Å². The highest BCUT2D eigenvalue weighted by molar-refractivity contribution is 5.99. The average molecular weight is 326 g/mol. The summed E-state index contributed by atoms with van der Waals surface area (Å²) in [4.78, 5) is 12.4. The van der Waals surface area contributed by atoms with Crippen molar-refractivity contribution in [3.8, 4) is 0 Å². The Balaban J connectivity index is 1.64. The van der Waals surface area contributed by atoms with Gasteiger partial charge in [0.15, 0.2) is 0 Å². The molecule has 0 aliphatic rings. The maximum atomic E-state index is 12.4. The van der Waals surface area contributed by atoms with Crippen molar-refractivity contribution < 1.29 is 13.6 Å². The quantitative estimate of drug-likeness (QED) is 0.693. The highest BCUT2D eigenvalue weighted by Gasteiger charge is 2.12. The standard InChI is InChI=1S/C17H18N4O3/c1-2-15-20-21-16(24-15)11-18-14-8-4-3-7-13(14)17(22)19-10-12-6-5-9-23-12/h3-9,18H,2,10-11H2,1H3,(H,19,22). The summed E-state index contributed by atoms with van der Waals surface area (Å²) in [6, 6.07) is 10.9. The summed E-state index contributed by atoms with van der Waals surface area (Å²) in [6.07, 6.45) is 2.27. The van der Waals surface area contributed by atoms with Crippen LogP contribution in [0.2, 0.25) is 0 Å². The van der Waals surface area contributed by atoms with Gasteiger partial charge in [0.1, 0.15) is 5.76 Å². The fraction of sp³-hybridized carbons (Fsp3) is 0.235. The Bertz CT molecular complexity index is 796. The average Bonchev–Trinajstić information content (AvgIpc) is 3.29. The number of hydrogen-bond donors (Lipinski definition) is 2. The van der Waals surface area contributed by atoms with E-state index < -0.39 is 0 Å². The molecular weight excluding hydrogens is 308 g/mol. The molecule has 2 aromatic heterocycles. The molecule has 0 saturated carbocycles. The molecule has 0 bridgehead atoms. The van der Waals surface area contributed by atoms with E-state index in [1.807, 2.05) is 31.2 Å². The van der Waals surface area contributed by atoms with Crippen molar-refractivity contribution >= 4 is 11.6 Å². The SMILES string of the molecule is CCc1nnc(CNc2ccccc2C(=O)NCc2ccco2)o1. The minimum Gasteiger partial charge on any atom is -0.467 e. The second-order valence-corrected chi connectivity index (χ2v) is 5.10. The predicted octanol–water partition coefficient (Wildman–Crippen LogP) is 2.77. The second-order valence-electron chi connectivity index (χ2n) is 5.10. The van der Waals surface area contributed by atoms with Gasteiger partial charge in [-0.3, -0.25) is 4.79 Å². The molecule has 0 fully saturated rings. The van der Waals surface area contributed by atoms with Gasteiger partial charge in [0.2, 0.25) is 11.8 Å². The molecule has 0 unspecified atom stereocenters. The van der Waals surface area contributed by atoms with Gasteiger partial charge in [0.25, 0.3) is 5.91 Å². The van der Waals surface area contributed by atoms with Gasteiger partial charge in [-0.05, 0) is 24.3 Å². The lowest BCUT2D eigenvalue weighted by atomic mass is 10.1. The van der Waals surface area contributed by atoms with Crippen LogP contribution in [0.4, 0.5) is 5.69 Å². The largest absolute Gasteiger partial charge is 0.467 e. The summed E-state index contributed by atoms with van der Waals surface area (Å²) in [5, 5.41) is 13.9. The van der Waals surface area contributed by atoms with Crippen molar-refractivity contribution in [3.63, 3.8) is 0 Å². The highest BCUT2D eigenvalue weighted by Crippen LogP contribution is 2.16. The summed E-state index contributed by atoms with van der Waals surface area (Å²) in [5.41, 5.74) is 1.24. The number of aryl methyl sites for hydroxylation is 1. The Kier molecular flexibility index (Phi) is 4.90. The van der Waals surface area contributed by atoms with Crippen molar-refractivity contribution in [2.75, 3.05) is 5.32 Å². The van der Waals surface area contributed by atoms with Crippen molar-refractivity contribution in [1.29, 1.82) is 0 Å². The van der Waals surface area contributed by atoms with E-state index in [0.717, 1.165) is 0 Å². The molecule has 2 N–H and O–H groups in total. The molecule has 1 aromatic carbocycles. The molecule has 0 aliphatic heterocycles. The fourth-order valence-electron chi connectivity index (χ4n) is 2.18. The third kappa shape index (κ3) is 3.81. The first-order valence-corrected chi connectivity index (χ1v) is 7.71. The van der Waals surface area contributed by atoms with Crippen molar-refractivity contribution in [2.45, 2.75) is 26.4 Å². The van der Waals surface area contributed by atoms with Crippen LogP contribution in [0.1, 0.15) is 34.8 Å². The smallest absolute Gasteiger partial charge is 0.253 e. The number of nitrogens with one attached hydrogen (secondary N) is 2. The number of benzene rings is 1. The van der Waals surface area contributed by atoms with Crippen LogP contribution in [0.5, 0.6) is 0 Å². The fourth-order valence-corrected chi connectivity index (χ4v) is 2.18. The molecule has 1 amide bonds. The normalized spacial score (nSPS) is 10.5. The molecule has 7 nitrogen and oxygen atoms in total. The Morgan fingerprint density at radius 1 is 1.08 bits per heavy atom. The number of para-hydroxylation sites is 1. The maximum Gasteiger partial charge on any atom is 0.253 e. The number of carbonyl (C=O) groups excluding carboxylic acids is 1. The Morgan fingerprint density at radius 3 is 2.67 bits per heavy atom. The van der Waals surface area contributed by atoms with Crippen molar-refractivity contribution in [1.82, 2.24) is 15.5 Å². The predicted molar refractivity (Wildman–Crippen MR) is 87.3 cm³/mol. The maximum absolute atomic E-state index is 12.4. The number of nitrogens with zero attached hydrogens (tertiary/aromatic N) is 2. The van der Waals surface area contributed by atoms with E-state index in [9.17, 15) is 4.79 Å². The number of anilines is 1. The molecule has 3 rings (SSSR count). The van der Waals surface area contributed by atoms with Crippen molar-refractivity contribution in [2.24, 2.45) is 0 Å². The first kappa shape index (κ1) is 15.8. The van der Waals surface area contributed by atoms with E-state index in [-0.39, 0.29) is 5.91 Å². The van der Waals surface area contributed by atoms with Crippen molar-refractivity contribution in [3.05, 3.63) is 65.8 Å². The lowest BCUT2D eigenvalue weighted by Crippen LogP contribution is -2.23. The Morgan fingerprint density at radius 2 is 1.92 bits per heavy atom. The summed E-state index contributed by atoms with van der Waals surface area (Å²) in [5.74, 6) is 1.59. The van der Waals surface area contributed by atoms with Crippen LogP contribution in [0.3, 0.4) is 0 Å². The highest BCUT2D eigenvalue weighted by atomic mass is 16.4. The van der Waals surface area contributed by atoms with E-state index in [1.54, 1.807) is 18.4 Å². The minimum atomic E-state index is -0.186. The molecule has 2 heterocycles. The molecule has 3 aromatic rings. The Hall–Kier alpha value is -3.09. The monoisotopic (exact) mass is 326 g/mol. The molecular formula is C17H18N4O3. The molecule has 24 heavy (non-hydrogen) atoms. The van der Waals surface area contributed by atoms with E-state index in [4.69, 9.17) is 8.83 Å². The first-order valence-electron chi connectivity index (χ1n) is 7.71. The van der Waals surface area contributed by atoms with Gasteiger partial charge < -0.3 is 19.5 Å². The second kappa shape index (κ2) is 7.45. The number of furan rings is 1. The van der Waals surface area contributed by atoms with Gasteiger partial charge in [-0.15, -0.1) is 10.2 Å². The molecule has 0 radical (unpaired) electrons. The lowest BCUT2D eigenvalue weighted by Gasteiger charge is -2.10. The lowest BCUT2D eigenvalue weighted by molar-refractivity contribution is 0.0949. The van der Waals surface area contributed by atoms with Crippen LogP contribution in [-0.4, -0.2) is 16.1 Å². The molecule has 0 aliphatic carbocycles. The van der Waals surface area contributed by atoms with Crippen LogP contribution in [-0.2, 0) is 19.5 Å². The summed E-state index contributed by atoms with van der Waals surface area (Å²) < 4.78 is 10.7. The van der Waals surface area contributed by atoms with Gasteiger partial charge in [-0.1, -0.05) is 19.1 Å². The van der Waals surface area contributed by atoms with Crippen LogP contribution in [0.25, 0.3) is 0 Å². The first-order chi connectivity index (χ1) is 11.8. The van der Waals surface area contributed by atoms with E-state index in [1.165, 1.54) is 0 Å². The van der Waals surface area contributed by atoms with Crippen LogP contribution >= 0.6 is 0 Å². The third-order valence-corrected chi connectivity index (χ3v) is 3.42. The number of aromatic nitrogens is 2. The van der Waals surface area contributed by atoms with Gasteiger partial charge in [0.05, 0.1) is 24.9 Å². The zero-order valence-electron chi connectivity index (χ0n) is 13.3. The van der Waals surface area contributed by atoms with E-state index in [2.05, 4.69) is 20.8 Å². The van der Waals surface area contributed by atoms with Gasteiger partial charge in [-0.2, -0.15) is 0 Å². The summed E-state index contributed by atoms with van der Waals surface area (Å²) in [6.45, 7) is 2.64. The molecule has 0 atom stereocenters. The van der Waals surface area contributed by atoms with Crippen LogP contribution < -0.4 is 10.6 Å².